The molecule has 0 aliphatic carbocycles. The van der Waals surface area contributed by atoms with Gasteiger partial charge in [-0.2, -0.15) is 0 Å². The molecule has 4 heteroatoms. The van der Waals surface area contributed by atoms with Gasteiger partial charge in [0.15, 0.2) is 0 Å². The summed E-state index contributed by atoms with van der Waals surface area (Å²) in [5.74, 6) is 0.902. The number of methoxy groups -OCH3 is 1. The van der Waals surface area contributed by atoms with Gasteiger partial charge in [0.05, 0.1) is 12.8 Å². The first-order valence-electron chi connectivity index (χ1n) is 6.97. The molecule has 0 unspecified atom stereocenters. The fourth-order valence-corrected chi connectivity index (χ4v) is 2.59. The molecule has 1 saturated heterocycles. The van der Waals surface area contributed by atoms with Gasteiger partial charge in [0.25, 0.3) is 0 Å². The van der Waals surface area contributed by atoms with E-state index in [1.807, 2.05) is 19.1 Å². The highest BCUT2D eigenvalue weighted by molar-refractivity contribution is 5.26. The Kier molecular flexibility index (Phi) is 4.42. The number of nitrogens with one attached hydrogen (secondary N) is 1. The van der Waals surface area contributed by atoms with Crippen LogP contribution in [0.25, 0.3) is 0 Å². The highest BCUT2D eigenvalue weighted by atomic mass is 16.5. The number of piperidine rings is 1. The van der Waals surface area contributed by atoms with Gasteiger partial charge in [-0.1, -0.05) is 0 Å². The molecule has 1 fully saturated rings. The molecule has 0 amide bonds. The minimum Gasteiger partial charge on any atom is -0.497 e. The van der Waals surface area contributed by atoms with Crippen LogP contribution in [0.15, 0.2) is 12.1 Å². The first-order chi connectivity index (χ1) is 9.04. The van der Waals surface area contributed by atoms with Gasteiger partial charge >= 0.3 is 0 Å². The van der Waals surface area contributed by atoms with Crippen molar-refractivity contribution in [3.63, 3.8) is 0 Å². The van der Waals surface area contributed by atoms with Crippen LogP contribution in [0.3, 0.4) is 0 Å². The number of pyridine rings is 1. The van der Waals surface area contributed by atoms with E-state index in [2.05, 4.69) is 29.2 Å². The Morgan fingerprint density at radius 2 is 2.05 bits per heavy atom. The maximum atomic E-state index is 5.31. The molecule has 0 radical (unpaired) electrons. The average Bonchev–Trinajstić information content (AvgIpc) is 2.41. The summed E-state index contributed by atoms with van der Waals surface area (Å²) in [5, 5.41) is 3.43. The van der Waals surface area contributed by atoms with Crippen LogP contribution in [-0.4, -0.2) is 42.7 Å². The third-order valence-electron chi connectivity index (χ3n) is 4.16. The van der Waals surface area contributed by atoms with E-state index in [1.165, 1.54) is 12.8 Å². The highest BCUT2D eigenvalue weighted by Crippen LogP contribution is 2.23. The summed E-state index contributed by atoms with van der Waals surface area (Å²) in [6.45, 7) is 7.47. The number of hydrogen-bond donors (Lipinski definition) is 1. The van der Waals surface area contributed by atoms with Crippen LogP contribution in [0.4, 0.5) is 0 Å². The Balaban J connectivity index is 1.97. The van der Waals surface area contributed by atoms with Gasteiger partial charge in [-0.05, 0) is 33.7 Å². The van der Waals surface area contributed by atoms with Gasteiger partial charge in [0, 0.05) is 43.0 Å². The molecule has 0 spiro atoms. The van der Waals surface area contributed by atoms with Crippen molar-refractivity contribution in [1.82, 2.24) is 15.2 Å². The largest absolute Gasteiger partial charge is 0.497 e. The normalized spacial score (nSPS) is 19.4. The summed E-state index contributed by atoms with van der Waals surface area (Å²) in [5.41, 5.74) is 2.42. The molecular weight excluding hydrogens is 238 g/mol. The van der Waals surface area contributed by atoms with Crippen molar-refractivity contribution in [2.45, 2.75) is 38.8 Å². The zero-order valence-electron chi connectivity index (χ0n) is 12.5. The van der Waals surface area contributed by atoms with Crippen molar-refractivity contribution in [2.24, 2.45) is 0 Å². The van der Waals surface area contributed by atoms with E-state index in [0.29, 0.717) is 5.54 Å². The van der Waals surface area contributed by atoms with Gasteiger partial charge in [-0.25, -0.2) is 0 Å². The Bertz CT molecular complexity index is 425. The summed E-state index contributed by atoms with van der Waals surface area (Å²) in [4.78, 5) is 7.07. The molecule has 19 heavy (non-hydrogen) atoms. The van der Waals surface area contributed by atoms with Crippen molar-refractivity contribution >= 4 is 0 Å². The predicted octanol–water partition coefficient (Wildman–Crippen LogP) is 1.97. The molecule has 0 atom stereocenters. The number of likely N-dealkylation sites (tertiary alicyclic amines) is 1. The molecule has 1 aromatic rings. The minimum atomic E-state index is 0.300. The van der Waals surface area contributed by atoms with E-state index in [9.17, 15) is 0 Å². The van der Waals surface area contributed by atoms with Crippen LogP contribution in [-0.2, 0) is 6.54 Å². The molecule has 0 bridgehead atoms. The van der Waals surface area contributed by atoms with Gasteiger partial charge in [-0.3, -0.25) is 9.88 Å². The molecule has 1 aliphatic rings. The average molecular weight is 263 g/mol. The Morgan fingerprint density at radius 1 is 1.37 bits per heavy atom. The second kappa shape index (κ2) is 5.88. The van der Waals surface area contributed by atoms with Crippen molar-refractivity contribution in [3.8, 4) is 5.75 Å². The lowest BCUT2D eigenvalue weighted by molar-refractivity contribution is 0.145. The van der Waals surface area contributed by atoms with E-state index in [-0.39, 0.29) is 0 Å². The van der Waals surface area contributed by atoms with E-state index < -0.39 is 0 Å². The van der Waals surface area contributed by atoms with E-state index in [0.717, 1.165) is 36.8 Å². The zero-order valence-corrected chi connectivity index (χ0v) is 12.5. The smallest absolute Gasteiger partial charge is 0.122 e. The maximum Gasteiger partial charge on any atom is 0.122 e. The standard InChI is InChI=1S/C15H25N3O/c1-12-9-14(19-4)10-13(17-12)11-18-7-5-15(2,16-3)6-8-18/h9-10,16H,5-8,11H2,1-4H3. The molecular formula is C15H25N3O. The van der Waals surface area contributed by atoms with Crippen LogP contribution < -0.4 is 10.1 Å². The number of ether oxygens (including phenoxy) is 1. The molecule has 1 N–H and O–H groups in total. The highest BCUT2D eigenvalue weighted by Gasteiger charge is 2.28. The first-order valence-corrected chi connectivity index (χ1v) is 6.97. The quantitative estimate of drug-likeness (QED) is 0.901. The monoisotopic (exact) mass is 263 g/mol. The number of hydrogen-bond acceptors (Lipinski definition) is 4. The number of rotatable bonds is 4. The van der Waals surface area contributed by atoms with Gasteiger partial charge in [0.1, 0.15) is 5.75 Å². The lowest BCUT2D eigenvalue weighted by Gasteiger charge is -2.39. The summed E-state index contributed by atoms with van der Waals surface area (Å²) >= 11 is 0. The Labute approximate surface area is 116 Å². The fourth-order valence-electron chi connectivity index (χ4n) is 2.59. The third kappa shape index (κ3) is 3.67. The summed E-state index contributed by atoms with van der Waals surface area (Å²) in [7, 11) is 3.76. The Hall–Kier alpha value is -1.13. The zero-order chi connectivity index (χ0) is 13.9. The SMILES string of the molecule is CNC1(C)CCN(Cc2cc(OC)cc(C)n2)CC1. The molecule has 4 nitrogen and oxygen atoms in total. The predicted molar refractivity (Wildman–Crippen MR) is 77.5 cm³/mol. The van der Waals surface area contributed by atoms with E-state index >= 15 is 0 Å². The molecule has 1 aromatic heterocycles. The third-order valence-corrected chi connectivity index (χ3v) is 4.16. The van der Waals surface area contributed by atoms with Crippen molar-refractivity contribution in [2.75, 3.05) is 27.2 Å². The first kappa shape index (κ1) is 14.3. The van der Waals surface area contributed by atoms with Crippen LogP contribution in [0.5, 0.6) is 5.75 Å². The molecule has 0 aromatic carbocycles. The van der Waals surface area contributed by atoms with Crippen molar-refractivity contribution in [3.05, 3.63) is 23.5 Å². The van der Waals surface area contributed by atoms with Gasteiger partial charge in [-0.15, -0.1) is 0 Å². The van der Waals surface area contributed by atoms with Crippen LogP contribution in [0.1, 0.15) is 31.2 Å². The summed E-state index contributed by atoms with van der Waals surface area (Å²) < 4.78 is 5.31. The van der Waals surface area contributed by atoms with Crippen molar-refractivity contribution < 1.29 is 4.74 Å². The molecule has 2 rings (SSSR count). The topological polar surface area (TPSA) is 37.4 Å². The molecule has 0 saturated carbocycles. The van der Waals surface area contributed by atoms with Crippen LogP contribution >= 0.6 is 0 Å². The van der Waals surface area contributed by atoms with Crippen molar-refractivity contribution in [1.29, 1.82) is 0 Å². The van der Waals surface area contributed by atoms with Gasteiger partial charge in [0.2, 0.25) is 0 Å². The molecule has 2 heterocycles. The second-order valence-corrected chi connectivity index (χ2v) is 5.73. The summed E-state index contributed by atoms with van der Waals surface area (Å²) in [6.07, 6.45) is 2.37. The minimum absolute atomic E-state index is 0.300. The number of aromatic nitrogens is 1. The number of aryl methyl sites for hydroxylation is 1. The fraction of sp³-hybridized carbons (Fsp3) is 0.667. The Morgan fingerprint density at radius 3 is 2.63 bits per heavy atom. The van der Waals surface area contributed by atoms with E-state index in [1.54, 1.807) is 7.11 Å². The molecule has 1 aliphatic heterocycles. The number of nitrogens with zero attached hydrogens (tertiary/aromatic N) is 2. The maximum absolute atomic E-state index is 5.31. The second-order valence-electron chi connectivity index (χ2n) is 5.73. The van der Waals surface area contributed by atoms with Crippen LogP contribution in [0, 0.1) is 6.92 Å². The van der Waals surface area contributed by atoms with Gasteiger partial charge < -0.3 is 10.1 Å². The molecule has 106 valence electrons. The van der Waals surface area contributed by atoms with Crippen LogP contribution in [0.2, 0.25) is 0 Å². The summed E-state index contributed by atoms with van der Waals surface area (Å²) in [6, 6.07) is 4.01. The lowest BCUT2D eigenvalue weighted by atomic mass is 9.90. The lowest BCUT2D eigenvalue weighted by Crippen LogP contribution is -2.49. The van der Waals surface area contributed by atoms with E-state index in [4.69, 9.17) is 4.74 Å².